The molecule has 2 atom stereocenters. The number of carbonyl (C=O) groups excluding carboxylic acids is 1. The molecule has 19 heavy (non-hydrogen) atoms. The van der Waals surface area contributed by atoms with Gasteiger partial charge in [-0.25, -0.2) is 0 Å². The highest BCUT2D eigenvalue weighted by atomic mass is 16.4. The first-order chi connectivity index (χ1) is 9.08. The number of carboxylic acid groups (broad SMARTS) is 1. The number of anilines is 1. The van der Waals surface area contributed by atoms with Crippen LogP contribution in [0.3, 0.4) is 0 Å². The summed E-state index contributed by atoms with van der Waals surface area (Å²) in [5, 5.41) is 17.8. The van der Waals surface area contributed by atoms with Crippen LogP contribution in [0.5, 0.6) is 0 Å². The average Bonchev–Trinajstić information content (AvgIpc) is 2.83. The van der Waals surface area contributed by atoms with Gasteiger partial charge in [-0.1, -0.05) is 12.8 Å². The summed E-state index contributed by atoms with van der Waals surface area (Å²) in [5.41, 5.74) is 5.31. The molecule has 2 rings (SSSR count). The monoisotopic (exact) mass is 267 g/mol. The second-order valence-electron chi connectivity index (χ2n) is 4.74. The maximum Gasteiger partial charge on any atom is 0.306 e. The van der Waals surface area contributed by atoms with Crippen molar-refractivity contribution in [3.05, 3.63) is 5.82 Å². The van der Waals surface area contributed by atoms with Gasteiger partial charge in [-0.3, -0.25) is 14.7 Å². The minimum Gasteiger partial charge on any atom is -0.481 e. The third-order valence-corrected chi connectivity index (χ3v) is 3.47. The standard InChI is InChI=1S/C11H17N5O3/c12-11-14-8(15-16-11)9(17)13-5-6-3-1-2-4-7(6)10(18)19/h6-7H,1-5H2,(H,13,17)(H,18,19)(H3,12,14,15,16). The summed E-state index contributed by atoms with van der Waals surface area (Å²) < 4.78 is 0. The van der Waals surface area contributed by atoms with Gasteiger partial charge in [-0.2, -0.15) is 4.98 Å². The second kappa shape index (κ2) is 5.68. The number of carbonyl (C=O) groups is 2. The lowest BCUT2D eigenvalue weighted by Crippen LogP contribution is -2.37. The van der Waals surface area contributed by atoms with Crippen molar-refractivity contribution in [3.63, 3.8) is 0 Å². The van der Waals surface area contributed by atoms with Gasteiger partial charge in [0.15, 0.2) is 0 Å². The number of aliphatic carboxylic acids is 1. The first kappa shape index (κ1) is 13.3. The molecule has 1 aromatic heterocycles. The van der Waals surface area contributed by atoms with Crippen LogP contribution in [0.1, 0.15) is 36.3 Å². The quantitative estimate of drug-likeness (QED) is 0.607. The Bertz CT molecular complexity index is 473. The van der Waals surface area contributed by atoms with E-state index in [-0.39, 0.29) is 23.6 Å². The Morgan fingerprint density at radius 2 is 2.16 bits per heavy atom. The van der Waals surface area contributed by atoms with E-state index in [1.165, 1.54) is 0 Å². The molecule has 1 heterocycles. The Hall–Kier alpha value is -2.12. The highest BCUT2D eigenvalue weighted by molar-refractivity contribution is 5.90. The molecule has 1 amide bonds. The molecule has 0 bridgehead atoms. The summed E-state index contributed by atoms with van der Waals surface area (Å²) in [5.74, 6) is -1.57. The van der Waals surface area contributed by atoms with E-state index in [4.69, 9.17) is 10.8 Å². The van der Waals surface area contributed by atoms with E-state index >= 15 is 0 Å². The highest BCUT2D eigenvalue weighted by Crippen LogP contribution is 2.29. The molecular formula is C11H17N5O3. The van der Waals surface area contributed by atoms with Gasteiger partial charge in [-0.15, -0.1) is 5.10 Å². The predicted molar refractivity (Wildman–Crippen MR) is 66.2 cm³/mol. The van der Waals surface area contributed by atoms with E-state index in [9.17, 15) is 9.59 Å². The maximum absolute atomic E-state index is 11.7. The van der Waals surface area contributed by atoms with E-state index in [1.807, 2.05) is 0 Å². The van der Waals surface area contributed by atoms with Crippen molar-refractivity contribution < 1.29 is 14.7 Å². The van der Waals surface area contributed by atoms with Crippen LogP contribution in [-0.4, -0.2) is 38.7 Å². The molecule has 1 aliphatic rings. The molecule has 0 saturated heterocycles. The van der Waals surface area contributed by atoms with Crippen LogP contribution in [0.2, 0.25) is 0 Å². The second-order valence-corrected chi connectivity index (χ2v) is 4.74. The van der Waals surface area contributed by atoms with Crippen LogP contribution in [-0.2, 0) is 4.79 Å². The van der Waals surface area contributed by atoms with Gasteiger partial charge in [0.1, 0.15) is 0 Å². The smallest absolute Gasteiger partial charge is 0.306 e. The van der Waals surface area contributed by atoms with Gasteiger partial charge in [-0.05, 0) is 18.8 Å². The van der Waals surface area contributed by atoms with Crippen molar-refractivity contribution in [2.24, 2.45) is 11.8 Å². The number of aromatic nitrogens is 3. The predicted octanol–water partition coefficient (Wildman–Crippen LogP) is 0.00770. The van der Waals surface area contributed by atoms with E-state index in [2.05, 4.69) is 20.5 Å². The van der Waals surface area contributed by atoms with Crippen molar-refractivity contribution >= 4 is 17.8 Å². The molecule has 0 aromatic carbocycles. The van der Waals surface area contributed by atoms with E-state index in [0.29, 0.717) is 13.0 Å². The molecular weight excluding hydrogens is 250 g/mol. The topological polar surface area (TPSA) is 134 Å². The fourth-order valence-electron chi connectivity index (χ4n) is 2.46. The number of amides is 1. The van der Waals surface area contributed by atoms with Crippen molar-refractivity contribution in [1.82, 2.24) is 20.5 Å². The normalized spacial score (nSPS) is 22.9. The molecule has 0 aliphatic heterocycles. The number of nitrogens with one attached hydrogen (secondary N) is 2. The fraction of sp³-hybridized carbons (Fsp3) is 0.636. The lowest BCUT2D eigenvalue weighted by molar-refractivity contribution is -0.144. The molecule has 8 nitrogen and oxygen atoms in total. The first-order valence-electron chi connectivity index (χ1n) is 6.27. The van der Waals surface area contributed by atoms with Gasteiger partial charge in [0.2, 0.25) is 11.8 Å². The Labute approximate surface area is 109 Å². The summed E-state index contributed by atoms with van der Waals surface area (Å²) in [7, 11) is 0. The third kappa shape index (κ3) is 3.21. The van der Waals surface area contributed by atoms with Crippen LogP contribution in [0.25, 0.3) is 0 Å². The molecule has 1 fully saturated rings. The lowest BCUT2D eigenvalue weighted by Gasteiger charge is -2.28. The van der Waals surface area contributed by atoms with Crippen LogP contribution >= 0.6 is 0 Å². The van der Waals surface area contributed by atoms with E-state index in [0.717, 1.165) is 19.3 Å². The molecule has 1 aliphatic carbocycles. The SMILES string of the molecule is Nc1n[nH]c(C(=O)NCC2CCCCC2C(=O)O)n1. The Kier molecular flexibility index (Phi) is 3.98. The highest BCUT2D eigenvalue weighted by Gasteiger charge is 2.31. The average molecular weight is 267 g/mol. The summed E-state index contributed by atoms with van der Waals surface area (Å²) in [6.07, 6.45) is 3.42. The molecule has 104 valence electrons. The van der Waals surface area contributed by atoms with Crippen LogP contribution in [0.15, 0.2) is 0 Å². The number of carboxylic acids is 1. The number of aromatic amines is 1. The third-order valence-electron chi connectivity index (χ3n) is 3.47. The zero-order valence-corrected chi connectivity index (χ0v) is 10.4. The van der Waals surface area contributed by atoms with Gasteiger partial charge in [0, 0.05) is 6.54 Å². The van der Waals surface area contributed by atoms with Crippen molar-refractivity contribution in [1.29, 1.82) is 0 Å². The lowest BCUT2D eigenvalue weighted by atomic mass is 9.79. The van der Waals surface area contributed by atoms with Gasteiger partial charge in [0.05, 0.1) is 5.92 Å². The summed E-state index contributed by atoms with van der Waals surface area (Å²) in [4.78, 5) is 26.6. The summed E-state index contributed by atoms with van der Waals surface area (Å²) in [6, 6.07) is 0. The number of H-pyrrole nitrogens is 1. The van der Waals surface area contributed by atoms with Crippen LogP contribution in [0.4, 0.5) is 5.95 Å². The minimum absolute atomic E-state index is 0.00577. The number of hydrogen-bond acceptors (Lipinski definition) is 5. The Morgan fingerprint density at radius 3 is 2.79 bits per heavy atom. The van der Waals surface area contributed by atoms with Crippen LogP contribution < -0.4 is 11.1 Å². The van der Waals surface area contributed by atoms with Crippen molar-refractivity contribution in [2.75, 3.05) is 12.3 Å². The molecule has 5 N–H and O–H groups in total. The molecule has 0 spiro atoms. The molecule has 0 radical (unpaired) electrons. The maximum atomic E-state index is 11.7. The number of nitrogens with zero attached hydrogens (tertiary/aromatic N) is 2. The fourth-order valence-corrected chi connectivity index (χ4v) is 2.46. The van der Waals surface area contributed by atoms with E-state index in [1.54, 1.807) is 0 Å². The first-order valence-corrected chi connectivity index (χ1v) is 6.27. The van der Waals surface area contributed by atoms with Gasteiger partial charge in [0.25, 0.3) is 5.91 Å². The summed E-state index contributed by atoms with van der Waals surface area (Å²) in [6.45, 7) is 0.330. The number of hydrogen-bond donors (Lipinski definition) is 4. The van der Waals surface area contributed by atoms with Crippen molar-refractivity contribution in [2.45, 2.75) is 25.7 Å². The van der Waals surface area contributed by atoms with E-state index < -0.39 is 11.9 Å². The van der Waals surface area contributed by atoms with Gasteiger partial charge >= 0.3 is 5.97 Å². The molecule has 1 saturated carbocycles. The number of rotatable bonds is 4. The zero-order valence-electron chi connectivity index (χ0n) is 10.4. The molecule has 1 aromatic rings. The molecule has 8 heteroatoms. The summed E-state index contributed by atoms with van der Waals surface area (Å²) >= 11 is 0. The molecule has 2 unspecified atom stereocenters. The number of nitrogens with two attached hydrogens (primary N) is 1. The Morgan fingerprint density at radius 1 is 1.42 bits per heavy atom. The van der Waals surface area contributed by atoms with Crippen molar-refractivity contribution in [3.8, 4) is 0 Å². The Balaban J connectivity index is 1.90. The van der Waals surface area contributed by atoms with Crippen LogP contribution in [0, 0.1) is 11.8 Å². The number of nitrogen functional groups attached to an aromatic ring is 1. The largest absolute Gasteiger partial charge is 0.481 e. The zero-order chi connectivity index (χ0) is 13.8. The minimum atomic E-state index is -0.789. The van der Waals surface area contributed by atoms with Gasteiger partial charge < -0.3 is 16.2 Å².